The van der Waals surface area contributed by atoms with Crippen LogP contribution in [0.25, 0.3) is 50.4 Å². The molecule has 8 bridgehead atoms. The largest absolute Gasteiger partial charge is 2.00 e. The van der Waals surface area contributed by atoms with Gasteiger partial charge in [-0.15, -0.1) is 22.1 Å². The Balaban J connectivity index is 0.00000486. The number of aliphatic hydroxyl groups is 1. The number of aromatic nitrogens is 4. The average Bonchev–Trinajstić information content (AvgIpc) is 3.94. The minimum atomic E-state index is -0.474. The molecule has 1 fully saturated rings. The predicted molar refractivity (Wildman–Crippen MR) is 208 cm³/mol. The van der Waals surface area contributed by atoms with Crippen molar-refractivity contribution in [2.24, 2.45) is 5.92 Å². The van der Waals surface area contributed by atoms with E-state index in [1.54, 1.807) is 0 Å². The molecule has 1 atom stereocenters. The molecule has 2 aliphatic heterocycles. The van der Waals surface area contributed by atoms with Crippen LogP contribution < -0.4 is 9.97 Å². The van der Waals surface area contributed by atoms with Crippen LogP contribution in [0.3, 0.4) is 0 Å². The molecule has 50 heavy (non-hydrogen) atoms. The molecule has 0 aromatic carbocycles. The average molecular weight is 716 g/mol. The molecule has 3 aliphatic rings. The van der Waals surface area contributed by atoms with Crippen molar-refractivity contribution in [2.75, 3.05) is 0 Å². The number of aliphatic hydroxyl groups excluding tert-OH is 1. The molecule has 5 heterocycles. The second-order valence-electron chi connectivity index (χ2n) is 13.9. The monoisotopic (exact) mass is 714 g/mol. The van der Waals surface area contributed by atoms with Crippen LogP contribution in [0.2, 0.25) is 0 Å². The normalized spacial score (nSPS) is 15.9. The van der Waals surface area contributed by atoms with Crippen molar-refractivity contribution in [3.8, 4) is 0 Å². The van der Waals surface area contributed by atoms with Gasteiger partial charge in [-0.3, -0.25) is 0 Å². The first-order chi connectivity index (χ1) is 23.8. The van der Waals surface area contributed by atoms with E-state index in [-0.39, 0.29) is 16.5 Å². The minimum Gasteiger partial charge on any atom is -0.657 e. The third kappa shape index (κ3) is 6.75. The van der Waals surface area contributed by atoms with Crippen LogP contribution in [-0.2, 0) is 42.2 Å². The molecule has 0 saturated heterocycles. The maximum atomic E-state index is 11.4. The molecule has 1 unspecified atom stereocenters. The van der Waals surface area contributed by atoms with Crippen LogP contribution in [-0.4, -0.2) is 21.2 Å². The van der Waals surface area contributed by atoms with Crippen molar-refractivity contribution in [1.29, 1.82) is 0 Å². The van der Waals surface area contributed by atoms with Crippen molar-refractivity contribution in [2.45, 2.75) is 139 Å². The quantitative estimate of drug-likeness (QED) is 0.200. The van der Waals surface area contributed by atoms with E-state index in [4.69, 9.17) is 19.9 Å². The first-order valence-electron chi connectivity index (χ1n) is 19.4. The Bertz CT molecular complexity index is 1980. The van der Waals surface area contributed by atoms with Gasteiger partial charge >= 0.3 is 16.5 Å². The van der Waals surface area contributed by atoms with E-state index in [1.807, 2.05) is 6.08 Å². The molecule has 0 amide bonds. The SMILES string of the molecule is CCC1=C(CC)c2cc3[n-]c(c(/C=C/C(O)C4CCCC4)c4nc(cc5[n-]c(cc1n2)c(CC)c5CC)C(CC)=C4CC)c(CC)c3CC.[Ni+2]. The Kier molecular flexibility index (Phi) is 12.5. The number of aryl methyl sites for hydroxylation is 4. The van der Waals surface area contributed by atoms with Gasteiger partial charge in [-0.25, -0.2) is 9.97 Å². The van der Waals surface area contributed by atoms with Gasteiger partial charge in [0.2, 0.25) is 0 Å². The van der Waals surface area contributed by atoms with Crippen LogP contribution in [0.4, 0.5) is 0 Å². The molecule has 1 N–H and O–H groups in total. The Labute approximate surface area is 310 Å². The van der Waals surface area contributed by atoms with Crippen molar-refractivity contribution >= 4 is 50.4 Å². The molecular weight excluding hydrogens is 659 g/mol. The van der Waals surface area contributed by atoms with E-state index in [9.17, 15) is 5.11 Å². The number of hydrogen-bond acceptors (Lipinski definition) is 3. The number of allylic oxidation sites excluding steroid dienone is 4. The summed E-state index contributed by atoms with van der Waals surface area (Å²) in [5, 5.41) is 11.4. The minimum absolute atomic E-state index is 0. The predicted octanol–water partition coefficient (Wildman–Crippen LogP) is 10.8. The summed E-state index contributed by atoms with van der Waals surface area (Å²) in [6.45, 7) is 17.9. The Morgan fingerprint density at radius 1 is 0.620 bits per heavy atom. The van der Waals surface area contributed by atoms with Gasteiger partial charge in [0, 0.05) is 0 Å². The van der Waals surface area contributed by atoms with Crippen molar-refractivity contribution in [3.63, 3.8) is 0 Å². The van der Waals surface area contributed by atoms with E-state index in [0.717, 1.165) is 115 Å². The van der Waals surface area contributed by atoms with E-state index in [0.29, 0.717) is 5.92 Å². The maximum absolute atomic E-state index is 11.4. The fourth-order valence-electron chi connectivity index (χ4n) is 8.85. The van der Waals surface area contributed by atoms with Gasteiger partial charge in [-0.1, -0.05) is 121 Å². The second-order valence-corrected chi connectivity index (χ2v) is 13.9. The summed E-state index contributed by atoms with van der Waals surface area (Å²) in [6.07, 6.45) is 15.5. The van der Waals surface area contributed by atoms with Gasteiger partial charge in [-0.05, 0) is 98.0 Å². The fraction of sp³-hybridized carbons (Fsp3) is 0.500. The van der Waals surface area contributed by atoms with E-state index < -0.39 is 6.10 Å². The van der Waals surface area contributed by atoms with E-state index >= 15 is 0 Å². The van der Waals surface area contributed by atoms with Crippen LogP contribution in [0.1, 0.15) is 157 Å². The van der Waals surface area contributed by atoms with Crippen LogP contribution in [0.5, 0.6) is 0 Å². The molecule has 1 aliphatic carbocycles. The standard InChI is InChI=1S/C44H56N4O.Ni/c1-9-27-29(11-3)38-24-40-31(13-5)33(15-7)43(47-40)35(21-22-42(49)26-19-17-18-20-26)44-34(16-8)32(14-6)41(48-44)25-39-30(12-4)28(10-2)37(46-39)23-36(27)45-38;/h21-26,42,49H,9-20H2,1-8H3;/q-2;+2/b22-21+,36-23?,37-23?,38-24?,39-25?,40-24?,41-25?,43-35?,44-35?;. The van der Waals surface area contributed by atoms with Gasteiger partial charge in [-0.2, -0.15) is 0 Å². The van der Waals surface area contributed by atoms with Gasteiger partial charge in [0.05, 0.1) is 28.9 Å². The zero-order valence-corrected chi connectivity index (χ0v) is 32.6. The van der Waals surface area contributed by atoms with Crippen molar-refractivity contribution in [1.82, 2.24) is 19.9 Å². The van der Waals surface area contributed by atoms with Crippen LogP contribution in [0, 0.1) is 5.92 Å². The van der Waals surface area contributed by atoms with Gasteiger partial charge in [0.15, 0.2) is 0 Å². The fourth-order valence-corrected chi connectivity index (χ4v) is 8.85. The molecule has 1 saturated carbocycles. The summed E-state index contributed by atoms with van der Waals surface area (Å²) in [7, 11) is 0. The Morgan fingerprint density at radius 2 is 1.06 bits per heavy atom. The third-order valence-electron chi connectivity index (χ3n) is 11.3. The topological polar surface area (TPSA) is 74.2 Å². The number of nitrogens with zero attached hydrogens (tertiary/aromatic N) is 4. The zero-order valence-electron chi connectivity index (χ0n) is 31.6. The molecule has 3 aromatic heterocycles. The molecule has 3 aromatic rings. The molecule has 0 radical (unpaired) electrons. The maximum Gasteiger partial charge on any atom is 2.00 e. The van der Waals surface area contributed by atoms with Gasteiger partial charge in [0.1, 0.15) is 0 Å². The summed E-state index contributed by atoms with van der Waals surface area (Å²) < 4.78 is 0. The first-order valence-corrected chi connectivity index (χ1v) is 19.4. The van der Waals surface area contributed by atoms with Gasteiger partial charge < -0.3 is 15.1 Å². The molecule has 6 heteroatoms. The van der Waals surface area contributed by atoms with Crippen molar-refractivity contribution in [3.05, 3.63) is 74.9 Å². The smallest absolute Gasteiger partial charge is 0.657 e. The summed E-state index contributed by atoms with van der Waals surface area (Å²) in [5.74, 6) is 0.317. The molecular formula is C44H56N4NiO. The summed E-state index contributed by atoms with van der Waals surface area (Å²) in [4.78, 5) is 21.7. The Morgan fingerprint density at radius 3 is 1.54 bits per heavy atom. The number of rotatable bonds is 11. The molecule has 268 valence electrons. The zero-order chi connectivity index (χ0) is 34.8. The molecule has 0 spiro atoms. The van der Waals surface area contributed by atoms with Crippen LogP contribution >= 0.6 is 0 Å². The number of hydrogen-bond donors (Lipinski definition) is 1. The molecule has 5 nitrogen and oxygen atoms in total. The summed E-state index contributed by atoms with van der Waals surface area (Å²) >= 11 is 0. The number of fused-ring (bicyclic) bond motifs is 8. The Hall–Kier alpha value is -3.21. The molecule has 6 rings (SSSR count). The van der Waals surface area contributed by atoms with E-state index in [2.05, 4.69) is 79.7 Å². The van der Waals surface area contributed by atoms with Crippen molar-refractivity contribution < 1.29 is 21.6 Å². The van der Waals surface area contributed by atoms with Crippen LogP contribution in [0.15, 0.2) is 24.3 Å². The summed E-state index contributed by atoms with van der Waals surface area (Å²) in [5.41, 5.74) is 19.5. The van der Waals surface area contributed by atoms with Gasteiger partial charge in [0.25, 0.3) is 0 Å². The summed E-state index contributed by atoms with van der Waals surface area (Å²) in [6, 6.07) is 6.73. The van der Waals surface area contributed by atoms with E-state index in [1.165, 1.54) is 57.4 Å². The third-order valence-corrected chi connectivity index (χ3v) is 11.3. The first kappa shape index (κ1) is 38.0. The second kappa shape index (κ2) is 16.4.